The maximum absolute atomic E-state index is 12.9. The molecule has 0 unspecified atom stereocenters. The van der Waals surface area contributed by atoms with Crippen molar-refractivity contribution in [1.29, 1.82) is 0 Å². The molecule has 7 heteroatoms. The molecule has 0 aliphatic rings. The number of hydrogen-bond acceptors (Lipinski definition) is 6. The van der Waals surface area contributed by atoms with Gasteiger partial charge in [0, 0.05) is 31.2 Å². The summed E-state index contributed by atoms with van der Waals surface area (Å²) in [6, 6.07) is 0. The first-order valence-corrected chi connectivity index (χ1v) is 20.8. The third-order valence-corrected chi connectivity index (χ3v) is 9.10. The zero-order valence-corrected chi connectivity index (χ0v) is 35.0. The van der Waals surface area contributed by atoms with E-state index in [4.69, 9.17) is 15.2 Å². The summed E-state index contributed by atoms with van der Waals surface area (Å²) >= 11 is 0. The molecule has 0 aliphatic carbocycles. The summed E-state index contributed by atoms with van der Waals surface area (Å²) in [4.78, 5) is 25.8. The largest absolute Gasteiger partial charge is 0.422 e. The number of esters is 2. The van der Waals surface area contributed by atoms with E-state index in [0.717, 1.165) is 64.2 Å². The first-order chi connectivity index (χ1) is 23.7. The highest BCUT2D eigenvalue weighted by molar-refractivity contribution is 8.93. The number of rotatable bonds is 36. The van der Waals surface area contributed by atoms with E-state index in [0.29, 0.717) is 0 Å². The van der Waals surface area contributed by atoms with Gasteiger partial charge in [-0.2, -0.15) is 0 Å². The fraction of sp³-hybridized carbons (Fsp3) is 0.860. The van der Waals surface area contributed by atoms with Crippen molar-refractivity contribution >= 4 is 28.9 Å². The Morgan fingerprint density at radius 2 is 0.840 bits per heavy atom. The number of carbonyl (C=O) groups is 2. The van der Waals surface area contributed by atoms with E-state index in [1.807, 2.05) is 13.8 Å². The Morgan fingerprint density at radius 1 is 0.540 bits per heavy atom. The highest BCUT2D eigenvalue weighted by atomic mass is 79.9. The monoisotopic (exact) mass is 772 g/mol. The van der Waals surface area contributed by atoms with Crippen molar-refractivity contribution < 1.29 is 24.2 Å². The van der Waals surface area contributed by atoms with Gasteiger partial charge < -0.3 is 20.3 Å². The molecule has 0 aromatic rings. The molecule has 0 heterocycles. The molecule has 0 saturated heterocycles. The summed E-state index contributed by atoms with van der Waals surface area (Å²) in [6.07, 6.45) is 41.0. The van der Waals surface area contributed by atoms with Gasteiger partial charge in [0.15, 0.2) is 0 Å². The van der Waals surface area contributed by atoms with Crippen molar-refractivity contribution in [2.45, 2.75) is 232 Å². The quantitative estimate of drug-likeness (QED) is 0.0285. The Labute approximate surface area is 320 Å². The molecule has 0 amide bonds. The summed E-state index contributed by atoms with van der Waals surface area (Å²) in [5.74, 6) is -2.33. The lowest BCUT2D eigenvalue weighted by molar-refractivity contribution is -0.239. The average molecular weight is 773 g/mol. The molecule has 6 nitrogen and oxygen atoms in total. The van der Waals surface area contributed by atoms with E-state index >= 15 is 0 Å². The lowest BCUT2D eigenvalue weighted by Gasteiger charge is -2.37. The van der Waals surface area contributed by atoms with Crippen molar-refractivity contribution in [3.63, 3.8) is 0 Å². The van der Waals surface area contributed by atoms with Gasteiger partial charge in [-0.1, -0.05) is 141 Å². The van der Waals surface area contributed by atoms with Gasteiger partial charge in [-0.25, -0.2) is 0 Å². The smallest absolute Gasteiger partial charge is 0.309 e. The Kier molecular flexibility index (Phi) is 36.9. The predicted octanol–water partition coefficient (Wildman–Crippen LogP) is 12.9. The molecule has 0 aromatic heterocycles. The number of hydrogen-bond donors (Lipinski definition) is 2. The van der Waals surface area contributed by atoms with Crippen LogP contribution in [0.15, 0.2) is 24.3 Å². The lowest BCUT2D eigenvalue weighted by atomic mass is 9.93. The molecule has 0 saturated carbocycles. The molecule has 0 radical (unpaired) electrons. The molecule has 3 N–H and O–H groups in total. The van der Waals surface area contributed by atoms with E-state index in [1.54, 1.807) is 0 Å². The molecule has 0 rings (SSSR count). The Morgan fingerprint density at radius 3 is 1.14 bits per heavy atom. The number of aliphatic hydroxyl groups excluding tert-OH is 1. The van der Waals surface area contributed by atoms with Crippen molar-refractivity contribution in [3.8, 4) is 0 Å². The van der Waals surface area contributed by atoms with Crippen LogP contribution in [0.4, 0.5) is 0 Å². The SMILES string of the molecule is Br.CCCCCCCC/C=C\CCCCCCCC(=O)OC(CCO)(CC(C)(C)N)OC(=O)CCCCCCC/C=C\CCCCCCCC. The Hall–Kier alpha value is -1.18. The number of carbonyl (C=O) groups excluding carboxylic acids is 2. The minimum atomic E-state index is -1.54. The second kappa shape index (κ2) is 36.2. The Bertz CT molecular complexity index is 769. The molecule has 0 aromatic carbocycles. The number of ether oxygens (including phenoxy) is 2. The molecule has 50 heavy (non-hydrogen) atoms. The first-order valence-electron chi connectivity index (χ1n) is 20.8. The maximum Gasteiger partial charge on any atom is 0.309 e. The van der Waals surface area contributed by atoms with Crippen LogP contribution in [0, 0.1) is 0 Å². The van der Waals surface area contributed by atoms with Gasteiger partial charge in [-0.15, -0.1) is 17.0 Å². The van der Waals surface area contributed by atoms with E-state index in [2.05, 4.69) is 38.2 Å². The number of aliphatic hydroxyl groups is 1. The first kappa shape index (κ1) is 50.9. The van der Waals surface area contributed by atoms with Crippen molar-refractivity contribution in [1.82, 2.24) is 0 Å². The van der Waals surface area contributed by atoms with Gasteiger partial charge in [0.05, 0.1) is 6.61 Å². The summed E-state index contributed by atoms with van der Waals surface area (Å²) in [7, 11) is 0. The fourth-order valence-corrected chi connectivity index (χ4v) is 6.35. The van der Waals surface area contributed by atoms with Crippen molar-refractivity contribution in [3.05, 3.63) is 24.3 Å². The van der Waals surface area contributed by atoms with Gasteiger partial charge >= 0.3 is 11.9 Å². The molecule has 0 aliphatic heterocycles. The molecular formula is C43H82BrNO5. The number of nitrogens with two attached hydrogens (primary N) is 1. The van der Waals surface area contributed by atoms with Crippen molar-refractivity contribution in [2.75, 3.05) is 6.61 Å². The molecule has 0 atom stereocenters. The van der Waals surface area contributed by atoms with Crippen LogP contribution in [0.1, 0.15) is 220 Å². The second-order valence-electron chi connectivity index (χ2n) is 15.2. The van der Waals surface area contributed by atoms with Gasteiger partial charge in [-0.05, 0) is 78.1 Å². The zero-order valence-electron chi connectivity index (χ0n) is 33.3. The summed E-state index contributed by atoms with van der Waals surface area (Å²) in [6.45, 7) is 7.88. The van der Waals surface area contributed by atoms with Crippen LogP contribution < -0.4 is 5.73 Å². The van der Waals surface area contributed by atoms with Gasteiger partial charge in [0.2, 0.25) is 0 Å². The molecule has 296 valence electrons. The normalized spacial score (nSPS) is 12.1. The fourth-order valence-electron chi connectivity index (χ4n) is 6.35. The number of allylic oxidation sites excluding steroid dienone is 4. The van der Waals surface area contributed by atoms with Crippen LogP contribution in [0.2, 0.25) is 0 Å². The van der Waals surface area contributed by atoms with Gasteiger partial charge in [0.25, 0.3) is 5.79 Å². The van der Waals surface area contributed by atoms with Crippen LogP contribution in [0.5, 0.6) is 0 Å². The predicted molar refractivity (Wildman–Crippen MR) is 219 cm³/mol. The average Bonchev–Trinajstić information content (AvgIpc) is 3.04. The third-order valence-electron chi connectivity index (χ3n) is 9.10. The minimum Gasteiger partial charge on any atom is -0.422 e. The van der Waals surface area contributed by atoms with Crippen LogP contribution in [-0.2, 0) is 19.1 Å². The van der Waals surface area contributed by atoms with Crippen LogP contribution in [0.25, 0.3) is 0 Å². The Balaban J connectivity index is 0. The lowest BCUT2D eigenvalue weighted by Crippen LogP contribution is -2.49. The summed E-state index contributed by atoms with van der Waals surface area (Å²) in [5.41, 5.74) is 5.55. The van der Waals surface area contributed by atoms with Crippen LogP contribution in [-0.4, -0.2) is 35.0 Å². The topological polar surface area (TPSA) is 98.8 Å². The summed E-state index contributed by atoms with van der Waals surface area (Å²) in [5, 5.41) is 9.83. The second-order valence-corrected chi connectivity index (χ2v) is 15.2. The third kappa shape index (κ3) is 35.2. The molecule has 0 fully saturated rings. The molecule has 0 spiro atoms. The minimum absolute atomic E-state index is 0. The summed E-state index contributed by atoms with van der Waals surface area (Å²) < 4.78 is 11.7. The zero-order chi connectivity index (χ0) is 36.3. The van der Waals surface area contributed by atoms with Crippen LogP contribution >= 0.6 is 17.0 Å². The van der Waals surface area contributed by atoms with Crippen LogP contribution in [0.3, 0.4) is 0 Å². The van der Waals surface area contributed by atoms with E-state index in [9.17, 15) is 14.7 Å². The van der Waals surface area contributed by atoms with E-state index in [1.165, 1.54) is 103 Å². The van der Waals surface area contributed by atoms with E-state index in [-0.39, 0.29) is 49.3 Å². The molecular weight excluding hydrogens is 690 g/mol. The van der Waals surface area contributed by atoms with E-state index < -0.39 is 23.3 Å². The standard InChI is InChI=1S/C43H81NO5.BrH/c1-5-7-9-11-13-15-17-19-21-23-25-27-29-31-33-35-40(46)48-43(37-38-45,39-42(3,4)44)49-41(47)36-34-32-30-28-26-24-22-20-18-16-14-12-10-8-6-2;/h19-22,45H,5-18,23-39,44H2,1-4H3;1H/b21-19-,22-20-;. The number of halogens is 1. The molecule has 0 bridgehead atoms. The van der Waals surface area contributed by atoms with Gasteiger partial charge in [0.1, 0.15) is 0 Å². The highest BCUT2D eigenvalue weighted by Crippen LogP contribution is 2.30. The maximum atomic E-state index is 12.9. The van der Waals surface area contributed by atoms with Gasteiger partial charge in [-0.3, -0.25) is 9.59 Å². The number of unbranched alkanes of at least 4 members (excludes halogenated alkanes) is 22. The van der Waals surface area contributed by atoms with Crippen molar-refractivity contribution in [2.24, 2.45) is 5.73 Å². The highest BCUT2D eigenvalue weighted by Gasteiger charge is 2.42.